The predicted molar refractivity (Wildman–Crippen MR) is 62.6 cm³/mol. The Morgan fingerprint density at radius 1 is 1.50 bits per heavy atom. The first-order chi connectivity index (χ1) is 7.52. The van der Waals surface area contributed by atoms with Gasteiger partial charge in [0.15, 0.2) is 0 Å². The summed E-state index contributed by atoms with van der Waals surface area (Å²) in [5.41, 5.74) is 10.9. The molecule has 0 fully saturated rings. The van der Waals surface area contributed by atoms with E-state index in [2.05, 4.69) is 20.6 Å². The molecular weight excluding hydrogens is 208 g/mol. The SMILES string of the molecule is CCNC(=O)C(C)Nc1cc(N)nc(N)n1. The summed E-state index contributed by atoms with van der Waals surface area (Å²) in [6, 6.07) is 1.11. The van der Waals surface area contributed by atoms with Crippen molar-refractivity contribution >= 4 is 23.5 Å². The molecule has 1 unspecified atom stereocenters. The van der Waals surface area contributed by atoms with E-state index in [4.69, 9.17) is 11.5 Å². The average molecular weight is 224 g/mol. The second-order valence-corrected chi connectivity index (χ2v) is 3.30. The van der Waals surface area contributed by atoms with Gasteiger partial charge in [0, 0.05) is 12.6 Å². The molecule has 6 N–H and O–H groups in total. The molecule has 0 saturated heterocycles. The van der Waals surface area contributed by atoms with Crippen LogP contribution in [0.3, 0.4) is 0 Å². The number of anilines is 3. The summed E-state index contributed by atoms with van der Waals surface area (Å²) >= 11 is 0. The van der Waals surface area contributed by atoms with Crippen molar-refractivity contribution in [2.24, 2.45) is 0 Å². The van der Waals surface area contributed by atoms with Gasteiger partial charge >= 0.3 is 0 Å². The molecule has 7 nitrogen and oxygen atoms in total. The van der Waals surface area contributed by atoms with Crippen LogP contribution in [0.5, 0.6) is 0 Å². The molecule has 0 aromatic carbocycles. The lowest BCUT2D eigenvalue weighted by Crippen LogP contribution is -2.37. The molecule has 1 heterocycles. The van der Waals surface area contributed by atoms with Crippen molar-refractivity contribution < 1.29 is 4.79 Å². The van der Waals surface area contributed by atoms with Crippen molar-refractivity contribution in [3.05, 3.63) is 6.07 Å². The van der Waals surface area contributed by atoms with E-state index in [9.17, 15) is 4.79 Å². The zero-order valence-corrected chi connectivity index (χ0v) is 9.32. The maximum atomic E-state index is 11.4. The second kappa shape index (κ2) is 5.15. The van der Waals surface area contributed by atoms with Gasteiger partial charge < -0.3 is 22.1 Å². The maximum absolute atomic E-state index is 11.4. The van der Waals surface area contributed by atoms with Crippen molar-refractivity contribution in [1.29, 1.82) is 0 Å². The van der Waals surface area contributed by atoms with Gasteiger partial charge in [-0.15, -0.1) is 0 Å². The largest absolute Gasteiger partial charge is 0.383 e. The second-order valence-electron chi connectivity index (χ2n) is 3.30. The lowest BCUT2D eigenvalue weighted by molar-refractivity contribution is -0.121. The number of nitrogens with two attached hydrogens (primary N) is 2. The Balaban J connectivity index is 2.69. The molecule has 7 heteroatoms. The minimum Gasteiger partial charge on any atom is -0.383 e. The van der Waals surface area contributed by atoms with Gasteiger partial charge in [-0.05, 0) is 13.8 Å². The van der Waals surface area contributed by atoms with Crippen molar-refractivity contribution in [3.8, 4) is 0 Å². The summed E-state index contributed by atoms with van der Waals surface area (Å²) in [5.74, 6) is 0.658. The zero-order chi connectivity index (χ0) is 12.1. The predicted octanol–water partition coefficient (Wildman–Crippen LogP) is -0.422. The first kappa shape index (κ1) is 12.0. The molecule has 0 aliphatic rings. The van der Waals surface area contributed by atoms with Crippen molar-refractivity contribution in [2.45, 2.75) is 19.9 Å². The van der Waals surface area contributed by atoms with Crippen molar-refractivity contribution in [3.63, 3.8) is 0 Å². The van der Waals surface area contributed by atoms with Crippen LogP contribution < -0.4 is 22.1 Å². The van der Waals surface area contributed by atoms with E-state index in [1.165, 1.54) is 6.07 Å². The van der Waals surface area contributed by atoms with Gasteiger partial charge in [-0.3, -0.25) is 4.79 Å². The number of hydrogen-bond acceptors (Lipinski definition) is 6. The van der Waals surface area contributed by atoms with E-state index in [0.717, 1.165) is 0 Å². The molecule has 1 aromatic heterocycles. The third-order valence-electron chi connectivity index (χ3n) is 1.87. The number of carbonyl (C=O) groups excluding carboxylic acids is 1. The molecule has 0 radical (unpaired) electrons. The topological polar surface area (TPSA) is 119 Å². The smallest absolute Gasteiger partial charge is 0.242 e. The van der Waals surface area contributed by atoms with Gasteiger partial charge in [-0.25, -0.2) is 0 Å². The van der Waals surface area contributed by atoms with Crippen LogP contribution in [0.25, 0.3) is 0 Å². The molecule has 0 aliphatic heterocycles. The summed E-state index contributed by atoms with van der Waals surface area (Å²) in [7, 11) is 0. The molecule has 1 amide bonds. The summed E-state index contributed by atoms with van der Waals surface area (Å²) in [4.78, 5) is 19.1. The van der Waals surface area contributed by atoms with Crippen LogP contribution in [0.4, 0.5) is 17.6 Å². The number of aromatic nitrogens is 2. The normalized spacial score (nSPS) is 11.9. The van der Waals surface area contributed by atoms with Gasteiger partial charge in [-0.1, -0.05) is 0 Å². The Hall–Kier alpha value is -2.05. The van der Waals surface area contributed by atoms with Gasteiger partial charge in [0.1, 0.15) is 17.7 Å². The molecule has 0 bridgehead atoms. The number of amides is 1. The van der Waals surface area contributed by atoms with E-state index in [1.54, 1.807) is 6.92 Å². The zero-order valence-electron chi connectivity index (χ0n) is 9.32. The van der Waals surface area contributed by atoms with E-state index in [-0.39, 0.29) is 17.7 Å². The highest BCUT2D eigenvalue weighted by Gasteiger charge is 2.12. The molecule has 1 atom stereocenters. The quantitative estimate of drug-likeness (QED) is 0.551. The Kier molecular flexibility index (Phi) is 3.87. The fourth-order valence-electron chi connectivity index (χ4n) is 1.17. The Morgan fingerprint density at radius 2 is 2.19 bits per heavy atom. The highest BCUT2D eigenvalue weighted by atomic mass is 16.2. The summed E-state index contributed by atoms with van der Waals surface area (Å²) in [6.45, 7) is 4.16. The standard InChI is InChI=1S/C9H16N6O/c1-3-12-8(16)5(2)13-7-4-6(10)14-9(11)15-7/h4-5H,3H2,1-2H3,(H,12,16)(H5,10,11,13,14,15). The summed E-state index contributed by atoms with van der Waals surface area (Å²) in [5, 5.41) is 5.57. The van der Waals surface area contributed by atoms with Crippen LogP contribution in [0, 0.1) is 0 Å². The lowest BCUT2D eigenvalue weighted by Gasteiger charge is -2.14. The van der Waals surface area contributed by atoms with Crippen LogP contribution >= 0.6 is 0 Å². The molecule has 0 spiro atoms. The van der Waals surface area contributed by atoms with Crippen LogP contribution in [0.1, 0.15) is 13.8 Å². The van der Waals surface area contributed by atoms with E-state index < -0.39 is 6.04 Å². The molecule has 1 rings (SSSR count). The van der Waals surface area contributed by atoms with Crippen LogP contribution in [-0.4, -0.2) is 28.5 Å². The van der Waals surface area contributed by atoms with E-state index >= 15 is 0 Å². The first-order valence-corrected chi connectivity index (χ1v) is 4.97. The Bertz CT molecular complexity index is 360. The van der Waals surface area contributed by atoms with Crippen molar-refractivity contribution in [1.82, 2.24) is 15.3 Å². The van der Waals surface area contributed by atoms with Crippen molar-refractivity contribution in [2.75, 3.05) is 23.3 Å². The summed E-state index contributed by atoms with van der Waals surface area (Å²) in [6.07, 6.45) is 0. The first-order valence-electron chi connectivity index (χ1n) is 4.97. The van der Waals surface area contributed by atoms with Gasteiger partial charge in [0.05, 0.1) is 0 Å². The minimum atomic E-state index is -0.409. The fraction of sp³-hybridized carbons (Fsp3) is 0.444. The number of nitrogens with zero attached hydrogens (tertiary/aromatic N) is 2. The third kappa shape index (κ3) is 3.26. The summed E-state index contributed by atoms with van der Waals surface area (Å²) < 4.78 is 0. The molecule has 88 valence electrons. The van der Waals surface area contributed by atoms with Crippen LogP contribution in [0.15, 0.2) is 6.07 Å². The molecular formula is C9H16N6O. The minimum absolute atomic E-state index is 0.0746. The van der Waals surface area contributed by atoms with Gasteiger partial charge in [0.2, 0.25) is 11.9 Å². The molecule has 0 aliphatic carbocycles. The molecule has 16 heavy (non-hydrogen) atoms. The monoisotopic (exact) mass is 224 g/mol. The van der Waals surface area contributed by atoms with E-state index in [0.29, 0.717) is 12.4 Å². The lowest BCUT2D eigenvalue weighted by atomic mass is 10.3. The number of hydrogen-bond donors (Lipinski definition) is 4. The maximum Gasteiger partial charge on any atom is 0.242 e. The fourth-order valence-corrected chi connectivity index (χ4v) is 1.17. The average Bonchev–Trinajstić information content (AvgIpc) is 2.16. The van der Waals surface area contributed by atoms with Crippen LogP contribution in [-0.2, 0) is 4.79 Å². The number of nitrogen functional groups attached to an aromatic ring is 2. The number of nitrogens with one attached hydrogen (secondary N) is 2. The molecule has 0 saturated carbocycles. The van der Waals surface area contributed by atoms with Crippen LogP contribution in [0.2, 0.25) is 0 Å². The Morgan fingerprint density at radius 3 is 2.75 bits per heavy atom. The Labute approximate surface area is 93.6 Å². The highest BCUT2D eigenvalue weighted by Crippen LogP contribution is 2.10. The molecule has 1 aromatic rings. The van der Waals surface area contributed by atoms with E-state index in [1.807, 2.05) is 6.92 Å². The van der Waals surface area contributed by atoms with Gasteiger partial charge in [-0.2, -0.15) is 9.97 Å². The number of rotatable bonds is 4. The number of likely N-dealkylation sites (N-methyl/N-ethyl adjacent to an activating group) is 1. The van der Waals surface area contributed by atoms with Gasteiger partial charge in [0.25, 0.3) is 0 Å². The third-order valence-corrected chi connectivity index (χ3v) is 1.87. The number of carbonyl (C=O) groups is 1. The highest BCUT2D eigenvalue weighted by molar-refractivity contribution is 5.83.